The number of carbonyl (C=O) groups is 1. The third-order valence-electron chi connectivity index (χ3n) is 1.11. The van der Waals surface area contributed by atoms with Crippen molar-refractivity contribution in [1.82, 2.24) is 5.32 Å². The molecule has 0 heterocycles. The smallest absolute Gasteiger partial charge is 0.244 e. The van der Waals surface area contributed by atoms with Gasteiger partial charge in [-0.25, -0.2) is 0 Å². The maximum atomic E-state index is 11.0. The van der Waals surface area contributed by atoms with Crippen LogP contribution in [0.1, 0.15) is 27.7 Å². The van der Waals surface area contributed by atoms with E-state index in [-0.39, 0.29) is 11.9 Å². The summed E-state index contributed by atoms with van der Waals surface area (Å²) in [5.74, 6) is -0.0394. The Hall–Kier alpha value is -1.05. The molecule has 0 aliphatic rings. The molecule has 2 nitrogen and oxygen atoms in total. The molecule has 2 heteroatoms. The Morgan fingerprint density at radius 3 is 2.33 bits per heavy atom. The van der Waals surface area contributed by atoms with E-state index in [1.807, 2.05) is 33.8 Å². The highest BCUT2D eigenvalue weighted by Gasteiger charge is 1.95. The molecule has 0 rings (SSSR count). The minimum Gasteiger partial charge on any atom is -0.350 e. The first kappa shape index (κ1) is 11.0. The van der Waals surface area contributed by atoms with Crippen LogP contribution in [-0.4, -0.2) is 11.9 Å². The van der Waals surface area contributed by atoms with Crippen molar-refractivity contribution in [2.75, 3.05) is 0 Å². The van der Waals surface area contributed by atoms with Gasteiger partial charge in [0.2, 0.25) is 5.91 Å². The molecular weight excluding hydrogens is 150 g/mol. The van der Waals surface area contributed by atoms with Crippen molar-refractivity contribution < 1.29 is 4.79 Å². The van der Waals surface area contributed by atoms with Gasteiger partial charge in [-0.15, -0.1) is 0 Å². The number of hydrogen-bond donors (Lipinski definition) is 1. The molecule has 0 aromatic heterocycles. The Bertz CT molecular complexity index is 198. The van der Waals surface area contributed by atoms with Crippen molar-refractivity contribution in [2.45, 2.75) is 33.7 Å². The van der Waals surface area contributed by atoms with E-state index in [4.69, 9.17) is 0 Å². The predicted octanol–water partition coefficient (Wildman–Crippen LogP) is 2.03. The van der Waals surface area contributed by atoms with Crippen LogP contribution in [0.4, 0.5) is 0 Å². The molecule has 0 bridgehead atoms. The number of hydrogen-bond acceptors (Lipinski definition) is 1. The molecule has 0 aromatic rings. The van der Waals surface area contributed by atoms with Crippen molar-refractivity contribution >= 4 is 5.91 Å². The van der Waals surface area contributed by atoms with Crippen molar-refractivity contribution in [3.05, 3.63) is 23.8 Å². The molecule has 0 spiro atoms. The lowest BCUT2D eigenvalue weighted by Gasteiger charge is -2.03. The summed E-state index contributed by atoms with van der Waals surface area (Å²) >= 11 is 0. The van der Waals surface area contributed by atoms with Crippen LogP contribution in [-0.2, 0) is 4.79 Å². The number of nitrogens with one attached hydrogen (secondary N) is 1. The lowest BCUT2D eigenvalue weighted by Crippen LogP contribution is -2.28. The second-order valence-corrected chi connectivity index (χ2v) is 3.27. The van der Waals surface area contributed by atoms with E-state index in [0.29, 0.717) is 0 Å². The van der Waals surface area contributed by atoms with Crippen LogP contribution >= 0.6 is 0 Å². The first-order valence-electron chi connectivity index (χ1n) is 4.14. The highest BCUT2D eigenvalue weighted by Crippen LogP contribution is 1.88. The summed E-state index contributed by atoms with van der Waals surface area (Å²) in [5, 5.41) is 2.76. The summed E-state index contributed by atoms with van der Waals surface area (Å²) in [7, 11) is 0. The van der Waals surface area contributed by atoms with Gasteiger partial charge in [0.05, 0.1) is 0 Å². The van der Waals surface area contributed by atoms with E-state index in [1.54, 1.807) is 6.08 Å². The molecule has 0 unspecified atom stereocenters. The molecule has 12 heavy (non-hydrogen) atoms. The van der Waals surface area contributed by atoms with Gasteiger partial charge >= 0.3 is 0 Å². The van der Waals surface area contributed by atoms with E-state index < -0.39 is 0 Å². The van der Waals surface area contributed by atoms with Gasteiger partial charge in [0.15, 0.2) is 0 Å². The zero-order chi connectivity index (χ0) is 9.56. The van der Waals surface area contributed by atoms with Gasteiger partial charge < -0.3 is 5.32 Å². The quantitative estimate of drug-likeness (QED) is 0.505. The summed E-state index contributed by atoms with van der Waals surface area (Å²) in [6.07, 6.45) is 5.19. The minimum absolute atomic E-state index is 0.0394. The maximum absolute atomic E-state index is 11.0. The summed E-state index contributed by atoms with van der Waals surface area (Å²) < 4.78 is 0. The van der Waals surface area contributed by atoms with Crippen molar-refractivity contribution in [2.24, 2.45) is 0 Å². The molecule has 0 atom stereocenters. The molecular formula is C10H17NO. The highest BCUT2D eigenvalue weighted by atomic mass is 16.1. The Morgan fingerprint density at radius 1 is 1.33 bits per heavy atom. The fourth-order valence-corrected chi connectivity index (χ4v) is 0.661. The second-order valence-electron chi connectivity index (χ2n) is 3.27. The summed E-state index contributed by atoms with van der Waals surface area (Å²) in [4.78, 5) is 11.0. The summed E-state index contributed by atoms with van der Waals surface area (Å²) in [6.45, 7) is 7.86. The van der Waals surface area contributed by atoms with Crippen LogP contribution in [0.3, 0.4) is 0 Å². The highest BCUT2D eigenvalue weighted by molar-refractivity contribution is 5.87. The van der Waals surface area contributed by atoms with E-state index >= 15 is 0 Å². The fourth-order valence-electron chi connectivity index (χ4n) is 0.661. The topological polar surface area (TPSA) is 29.1 Å². The van der Waals surface area contributed by atoms with Gasteiger partial charge in [0.25, 0.3) is 0 Å². The Balaban J connectivity index is 3.84. The van der Waals surface area contributed by atoms with E-state index in [2.05, 4.69) is 5.32 Å². The second kappa shape index (κ2) is 5.58. The summed E-state index contributed by atoms with van der Waals surface area (Å²) in [6, 6.07) is 0.203. The third-order valence-corrected chi connectivity index (χ3v) is 1.11. The van der Waals surface area contributed by atoms with Gasteiger partial charge in [0, 0.05) is 12.1 Å². The van der Waals surface area contributed by atoms with Crippen LogP contribution in [0.15, 0.2) is 23.8 Å². The van der Waals surface area contributed by atoms with Crippen LogP contribution in [0, 0.1) is 0 Å². The normalized spacial score (nSPS) is 10.4. The van der Waals surface area contributed by atoms with Gasteiger partial charge in [-0.05, 0) is 27.7 Å². The average molecular weight is 167 g/mol. The number of rotatable bonds is 3. The van der Waals surface area contributed by atoms with Gasteiger partial charge in [-0.3, -0.25) is 4.79 Å². The number of amides is 1. The average Bonchev–Trinajstić information content (AvgIpc) is 1.84. The molecule has 0 aliphatic heterocycles. The first-order chi connectivity index (χ1) is 5.52. The van der Waals surface area contributed by atoms with Gasteiger partial charge in [-0.1, -0.05) is 17.7 Å². The third kappa shape index (κ3) is 7.06. The standard InChI is InChI=1S/C10H17NO/c1-8(2)6-5-7-10(12)11-9(3)4/h5-7,9H,1-4H3,(H,11,12)/b7-5+. The lowest BCUT2D eigenvalue weighted by atomic mass is 10.3. The Kier molecular flexibility index (Phi) is 5.09. The molecule has 0 saturated heterocycles. The Labute approximate surface area is 74.4 Å². The van der Waals surface area contributed by atoms with Crippen LogP contribution in [0.25, 0.3) is 0 Å². The zero-order valence-electron chi connectivity index (χ0n) is 8.22. The van der Waals surface area contributed by atoms with Crippen molar-refractivity contribution in [3.63, 3.8) is 0 Å². The fraction of sp³-hybridized carbons (Fsp3) is 0.500. The molecule has 0 radical (unpaired) electrons. The van der Waals surface area contributed by atoms with Crippen LogP contribution in [0.2, 0.25) is 0 Å². The van der Waals surface area contributed by atoms with Gasteiger partial charge in [0.1, 0.15) is 0 Å². The maximum Gasteiger partial charge on any atom is 0.244 e. The van der Waals surface area contributed by atoms with Crippen LogP contribution in [0.5, 0.6) is 0 Å². The first-order valence-corrected chi connectivity index (χ1v) is 4.14. The molecule has 0 aromatic carbocycles. The summed E-state index contributed by atoms with van der Waals surface area (Å²) in [5.41, 5.74) is 1.18. The minimum atomic E-state index is -0.0394. The molecule has 1 amide bonds. The largest absolute Gasteiger partial charge is 0.350 e. The van der Waals surface area contributed by atoms with Crippen LogP contribution < -0.4 is 5.32 Å². The van der Waals surface area contributed by atoms with E-state index in [0.717, 1.165) is 0 Å². The number of allylic oxidation sites excluding steroid dienone is 3. The molecule has 0 saturated carbocycles. The lowest BCUT2D eigenvalue weighted by molar-refractivity contribution is -0.116. The van der Waals surface area contributed by atoms with E-state index in [1.165, 1.54) is 11.6 Å². The van der Waals surface area contributed by atoms with Gasteiger partial charge in [-0.2, -0.15) is 0 Å². The number of carbonyl (C=O) groups excluding carboxylic acids is 1. The monoisotopic (exact) mass is 167 g/mol. The van der Waals surface area contributed by atoms with E-state index in [9.17, 15) is 4.79 Å². The molecule has 0 aliphatic carbocycles. The molecule has 0 fully saturated rings. The predicted molar refractivity (Wildman–Crippen MR) is 51.8 cm³/mol. The molecule has 68 valence electrons. The zero-order valence-corrected chi connectivity index (χ0v) is 8.22. The van der Waals surface area contributed by atoms with Crippen molar-refractivity contribution in [1.29, 1.82) is 0 Å². The molecule has 1 N–H and O–H groups in total. The van der Waals surface area contributed by atoms with Crippen molar-refractivity contribution in [3.8, 4) is 0 Å². The Morgan fingerprint density at radius 2 is 1.92 bits per heavy atom. The SMILES string of the molecule is CC(C)=C/C=C/C(=O)NC(C)C.